The Morgan fingerprint density at radius 2 is 1.87 bits per heavy atom. The lowest BCUT2D eigenvalue weighted by Gasteiger charge is -2.08. The van der Waals surface area contributed by atoms with Crippen LogP contribution in [0.4, 0.5) is 0 Å². The second-order valence-corrected chi connectivity index (χ2v) is 6.68. The van der Waals surface area contributed by atoms with Crippen LogP contribution in [-0.4, -0.2) is 16.9 Å². The number of fused-ring (bicyclic) bond motifs is 2. The van der Waals surface area contributed by atoms with Gasteiger partial charge in [-0.1, -0.05) is 27.5 Å². The number of hydrogen-bond donors (Lipinski definition) is 1. The molecular weight excluding hydrogens is 378 g/mol. The van der Waals surface area contributed by atoms with Crippen molar-refractivity contribution in [2.45, 2.75) is 19.3 Å². The fraction of sp³-hybridized carbons (Fsp3) is 0.278. The topological polar surface area (TPSA) is 42.1 Å². The normalized spacial score (nSPS) is 11.2. The predicted molar refractivity (Wildman–Crippen MR) is 100 cm³/mol. The summed E-state index contributed by atoms with van der Waals surface area (Å²) in [6.45, 7) is 0.666. The molecule has 0 radical (unpaired) electrons. The third-order valence-corrected chi connectivity index (χ3v) is 4.57. The monoisotopic (exact) mass is 393 g/mol. The van der Waals surface area contributed by atoms with Gasteiger partial charge in [-0.3, -0.25) is 4.79 Å². The number of rotatable bonds is 6. The van der Waals surface area contributed by atoms with E-state index in [1.165, 1.54) is 0 Å². The second kappa shape index (κ2) is 7.37. The molecule has 3 nitrogen and oxygen atoms in total. The Kier molecular flexibility index (Phi) is 5.23. The standard InChI is InChI=1S/C18H17BrClNO2/c19-8-2-1-3-9-23-13-5-7-16-15(11-13)18(22)14-6-4-12(20)10-17(14)21-16/h4-7,10-11H,1-3,8-9H2,(H,21,22). The molecule has 0 spiro atoms. The van der Waals surface area contributed by atoms with Crippen LogP contribution in [0.5, 0.6) is 5.75 Å². The molecule has 1 N–H and O–H groups in total. The molecule has 2 aromatic carbocycles. The number of H-pyrrole nitrogens is 1. The van der Waals surface area contributed by atoms with Gasteiger partial charge in [-0.25, -0.2) is 0 Å². The highest BCUT2D eigenvalue weighted by Gasteiger charge is 2.07. The number of aromatic nitrogens is 1. The highest BCUT2D eigenvalue weighted by atomic mass is 79.9. The summed E-state index contributed by atoms with van der Waals surface area (Å²) in [6.07, 6.45) is 3.29. The first-order valence-corrected chi connectivity index (χ1v) is 9.13. The van der Waals surface area contributed by atoms with E-state index in [-0.39, 0.29) is 5.43 Å². The van der Waals surface area contributed by atoms with Gasteiger partial charge in [0.15, 0.2) is 5.43 Å². The van der Waals surface area contributed by atoms with Crippen molar-refractivity contribution < 1.29 is 4.74 Å². The SMILES string of the molecule is O=c1c2ccc(Cl)cc2[nH]c2ccc(OCCCCCBr)cc12. The molecule has 120 valence electrons. The molecule has 3 aromatic rings. The van der Waals surface area contributed by atoms with Crippen molar-refractivity contribution in [3.05, 3.63) is 51.6 Å². The summed E-state index contributed by atoms with van der Waals surface area (Å²) < 4.78 is 5.76. The number of hydrogen-bond acceptors (Lipinski definition) is 2. The molecule has 0 unspecified atom stereocenters. The van der Waals surface area contributed by atoms with Crippen LogP contribution in [0.25, 0.3) is 21.8 Å². The first kappa shape index (κ1) is 16.3. The zero-order valence-electron chi connectivity index (χ0n) is 12.6. The largest absolute Gasteiger partial charge is 0.494 e. The van der Waals surface area contributed by atoms with Crippen LogP contribution < -0.4 is 10.2 Å². The van der Waals surface area contributed by atoms with Crippen LogP contribution in [0, 0.1) is 0 Å². The van der Waals surface area contributed by atoms with E-state index in [2.05, 4.69) is 20.9 Å². The van der Waals surface area contributed by atoms with Crippen molar-refractivity contribution in [2.24, 2.45) is 0 Å². The van der Waals surface area contributed by atoms with E-state index in [9.17, 15) is 4.79 Å². The summed E-state index contributed by atoms with van der Waals surface area (Å²) in [5.41, 5.74) is 1.53. The van der Waals surface area contributed by atoms with Gasteiger partial charge < -0.3 is 9.72 Å². The summed E-state index contributed by atoms with van der Waals surface area (Å²) in [5.74, 6) is 0.732. The Balaban J connectivity index is 1.90. The number of pyridine rings is 1. The van der Waals surface area contributed by atoms with E-state index in [1.807, 2.05) is 18.2 Å². The molecular formula is C18H17BrClNO2. The summed E-state index contributed by atoms with van der Waals surface area (Å²) in [4.78, 5) is 15.9. The summed E-state index contributed by atoms with van der Waals surface area (Å²) in [5, 5.41) is 2.90. The van der Waals surface area contributed by atoms with Crippen LogP contribution in [0.2, 0.25) is 5.02 Å². The van der Waals surface area contributed by atoms with Crippen molar-refractivity contribution in [1.29, 1.82) is 0 Å². The Bertz CT molecular complexity index is 891. The minimum Gasteiger partial charge on any atom is -0.494 e. The third-order valence-electron chi connectivity index (χ3n) is 3.78. The lowest BCUT2D eigenvalue weighted by Crippen LogP contribution is -2.05. The third kappa shape index (κ3) is 3.70. The maximum atomic E-state index is 12.6. The zero-order chi connectivity index (χ0) is 16.2. The van der Waals surface area contributed by atoms with E-state index in [4.69, 9.17) is 16.3 Å². The van der Waals surface area contributed by atoms with E-state index >= 15 is 0 Å². The van der Waals surface area contributed by atoms with Gasteiger partial charge in [0.1, 0.15) is 5.75 Å². The Morgan fingerprint density at radius 3 is 2.70 bits per heavy atom. The minimum atomic E-state index is -0.00449. The van der Waals surface area contributed by atoms with Crippen LogP contribution in [0.3, 0.4) is 0 Å². The average molecular weight is 395 g/mol. The number of unbranched alkanes of at least 4 members (excludes halogenated alkanes) is 2. The highest BCUT2D eigenvalue weighted by molar-refractivity contribution is 9.09. The molecule has 0 amide bonds. The van der Waals surface area contributed by atoms with Crippen LogP contribution in [0.1, 0.15) is 19.3 Å². The molecule has 1 aromatic heterocycles. The lowest BCUT2D eigenvalue weighted by molar-refractivity contribution is 0.307. The van der Waals surface area contributed by atoms with Gasteiger partial charge in [-0.2, -0.15) is 0 Å². The molecule has 5 heteroatoms. The number of nitrogens with one attached hydrogen (secondary N) is 1. The molecule has 0 fully saturated rings. The quantitative estimate of drug-likeness (QED) is 0.351. The molecule has 0 aliphatic rings. The molecule has 23 heavy (non-hydrogen) atoms. The van der Waals surface area contributed by atoms with E-state index in [1.54, 1.807) is 18.2 Å². The Morgan fingerprint density at radius 1 is 1.00 bits per heavy atom. The Labute approximate surface area is 147 Å². The van der Waals surface area contributed by atoms with Gasteiger partial charge in [0, 0.05) is 21.1 Å². The number of halogens is 2. The highest BCUT2D eigenvalue weighted by Crippen LogP contribution is 2.22. The van der Waals surface area contributed by atoms with Crippen molar-refractivity contribution >= 4 is 49.3 Å². The molecule has 0 aliphatic carbocycles. The molecule has 0 bridgehead atoms. The van der Waals surface area contributed by atoms with E-state index in [0.29, 0.717) is 22.4 Å². The van der Waals surface area contributed by atoms with Crippen LogP contribution in [0.15, 0.2) is 41.2 Å². The number of benzene rings is 2. The molecule has 0 saturated carbocycles. The van der Waals surface area contributed by atoms with Gasteiger partial charge in [0.05, 0.1) is 17.6 Å². The number of aromatic amines is 1. The van der Waals surface area contributed by atoms with Gasteiger partial charge in [0.2, 0.25) is 0 Å². The van der Waals surface area contributed by atoms with Gasteiger partial charge in [0.25, 0.3) is 0 Å². The minimum absolute atomic E-state index is 0.00449. The van der Waals surface area contributed by atoms with Crippen molar-refractivity contribution in [3.8, 4) is 5.75 Å². The zero-order valence-corrected chi connectivity index (χ0v) is 14.9. The van der Waals surface area contributed by atoms with Crippen molar-refractivity contribution in [3.63, 3.8) is 0 Å². The summed E-state index contributed by atoms with van der Waals surface area (Å²) >= 11 is 9.41. The molecule has 1 heterocycles. The summed E-state index contributed by atoms with van der Waals surface area (Å²) in [6, 6.07) is 10.8. The number of alkyl halides is 1. The predicted octanol–water partition coefficient (Wildman–Crippen LogP) is 5.28. The number of ether oxygens (including phenoxy) is 1. The molecule has 0 atom stereocenters. The van der Waals surface area contributed by atoms with Crippen LogP contribution >= 0.6 is 27.5 Å². The average Bonchev–Trinajstić information content (AvgIpc) is 2.55. The van der Waals surface area contributed by atoms with E-state index < -0.39 is 0 Å². The first-order valence-electron chi connectivity index (χ1n) is 7.63. The van der Waals surface area contributed by atoms with Gasteiger partial charge in [-0.15, -0.1) is 0 Å². The Hall–Kier alpha value is -1.52. The lowest BCUT2D eigenvalue weighted by atomic mass is 10.1. The molecule has 3 rings (SSSR count). The molecule has 0 aliphatic heterocycles. The fourth-order valence-corrected chi connectivity index (χ4v) is 3.15. The molecule has 0 saturated heterocycles. The maximum absolute atomic E-state index is 12.6. The smallest absolute Gasteiger partial charge is 0.197 e. The van der Waals surface area contributed by atoms with Gasteiger partial charge >= 0.3 is 0 Å². The first-order chi connectivity index (χ1) is 11.2. The fourth-order valence-electron chi connectivity index (χ4n) is 2.58. The summed E-state index contributed by atoms with van der Waals surface area (Å²) in [7, 11) is 0. The van der Waals surface area contributed by atoms with E-state index in [0.717, 1.165) is 41.4 Å². The van der Waals surface area contributed by atoms with Gasteiger partial charge in [-0.05, 0) is 55.7 Å². The van der Waals surface area contributed by atoms with Crippen molar-refractivity contribution in [2.75, 3.05) is 11.9 Å². The second-order valence-electron chi connectivity index (χ2n) is 5.45. The van der Waals surface area contributed by atoms with Crippen molar-refractivity contribution in [1.82, 2.24) is 4.98 Å². The van der Waals surface area contributed by atoms with Crippen LogP contribution in [-0.2, 0) is 0 Å². The maximum Gasteiger partial charge on any atom is 0.197 e.